The summed E-state index contributed by atoms with van der Waals surface area (Å²) in [5.41, 5.74) is 18.0. The van der Waals surface area contributed by atoms with Gasteiger partial charge in [-0.05, 0) is 97.1 Å². The van der Waals surface area contributed by atoms with Gasteiger partial charge < -0.3 is 22.8 Å². The third-order valence-electron chi connectivity index (χ3n) is 17.5. The fourth-order valence-corrected chi connectivity index (χ4v) is 15.2. The van der Waals surface area contributed by atoms with Crippen LogP contribution >= 0.6 is 11.3 Å². The van der Waals surface area contributed by atoms with Crippen molar-refractivity contribution >= 4 is 141 Å². The van der Waals surface area contributed by atoms with E-state index in [4.69, 9.17) is 0 Å². The highest BCUT2D eigenvalue weighted by atomic mass is 32.1. The van der Waals surface area contributed by atoms with Gasteiger partial charge in [0.2, 0.25) is 0 Å². The Morgan fingerprint density at radius 2 is 0.476 bits per heavy atom. The first kappa shape index (κ1) is 46.8. The SMILES string of the molecule is c1ccc(-n2c3c(-n4c5ccccc5c5ccccc54)cccc3c3cccc(-n4c5ccccc5c5ccccc54)c32)cc1.c1ccc2c(c1)sc1ccc(-n3c4ccccc4c4cccc(-n5c6ccccc6c6ccccc65)c43)cc12. The number of aromatic nitrogens is 5. The van der Waals surface area contributed by atoms with Crippen LogP contribution in [0.5, 0.6) is 0 Å². The lowest BCUT2D eigenvalue weighted by Crippen LogP contribution is -2.03. The Morgan fingerprint density at radius 3 is 0.893 bits per heavy atom. The third kappa shape index (κ3) is 6.71. The second-order valence-electron chi connectivity index (χ2n) is 21.9. The summed E-state index contributed by atoms with van der Waals surface area (Å²) in [5.74, 6) is 0. The minimum atomic E-state index is 1.14. The summed E-state index contributed by atoms with van der Waals surface area (Å²) >= 11 is 1.87. The van der Waals surface area contributed by atoms with Crippen LogP contribution in [0.3, 0.4) is 0 Å². The van der Waals surface area contributed by atoms with Crippen molar-refractivity contribution in [1.29, 1.82) is 0 Å². The van der Waals surface area contributed by atoms with Crippen LogP contribution in [0, 0.1) is 0 Å². The van der Waals surface area contributed by atoms with Crippen molar-refractivity contribution in [2.45, 2.75) is 0 Å². The number of fused-ring (bicyclic) bond motifs is 18. The Labute approximate surface area is 486 Å². The van der Waals surface area contributed by atoms with Crippen LogP contribution in [0.4, 0.5) is 0 Å². The number of para-hydroxylation sites is 11. The molecule has 0 N–H and O–H groups in total. The molecule has 6 heteroatoms. The largest absolute Gasteiger partial charge is 0.307 e. The van der Waals surface area contributed by atoms with Crippen LogP contribution in [0.2, 0.25) is 0 Å². The normalized spacial score (nSPS) is 12.0. The molecule has 13 aromatic carbocycles. The number of nitrogens with zero attached hydrogens (tertiary/aromatic N) is 5. The van der Waals surface area contributed by atoms with Gasteiger partial charge in [-0.15, -0.1) is 11.3 Å². The molecular weight excluding hydrogens is 1040 g/mol. The first-order valence-corrected chi connectivity index (χ1v) is 29.6. The lowest BCUT2D eigenvalue weighted by molar-refractivity contribution is 1.11. The van der Waals surface area contributed by atoms with E-state index in [-0.39, 0.29) is 0 Å². The van der Waals surface area contributed by atoms with Crippen molar-refractivity contribution in [2.75, 3.05) is 0 Å². The fraction of sp³-hybridized carbons (Fsp3) is 0. The van der Waals surface area contributed by atoms with E-state index >= 15 is 0 Å². The second-order valence-corrected chi connectivity index (χ2v) is 23.0. The summed E-state index contributed by atoms with van der Waals surface area (Å²) in [6.07, 6.45) is 0. The standard InChI is InChI=1S/C42H27N3.C36H22N2S/c1-2-14-28(15-3-1)43-41-33(20-12-26-39(41)44-35-22-8-4-16-29(35)30-17-5-9-23-36(30)44)34-21-13-27-40(42(34)43)45-37-24-10-6-18-31(37)32-19-7-11-25-38(32)45;1-6-16-31-24(10-1)25-11-2-7-17-32(25)38(31)33-18-9-14-28-26-12-3-5-15-30(26)37(36(28)33)23-20-21-35-29(22-23)27-13-4-8-19-34(27)39-35/h1-27H;1-22H. The first-order chi connectivity index (χ1) is 41.7. The van der Waals surface area contributed by atoms with Crippen molar-refractivity contribution in [3.63, 3.8) is 0 Å². The van der Waals surface area contributed by atoms with Crippen LogP contribution < -0.4 is 0 Å². The summed E-state index contributed by atoms with van der Waals surface area (Å²) in [7, 11) is 0. The predicted molar refractivity (Wildman–Crippen MR) is 357 cm³/mol. The van der Waals surface area contributed by atoms with E-state index in [0.717, 1.165) is 17.1 Å². The van der Waals surface area contributed by atoms with Gasteiger partial charge in [0.15, 0.2) is 0 Å². The molecule has 0 spiro atoms. The summed E-state index contributed by atoms with van der Waals surface area (Å²) < 4.78 is 15.0. The van der Waals surface area contributed by atoms with Crippen molar-refractivity contribution in [3.05, 3.63) is 297 Å². The Kier molecular flexibility index (Phi) is 10.2. The number of benzene rings is 13. The fourth-order valence-electron chi connectivity index (χ4n) is 14.1. The van der Waals surface area contributed by atoms with E-state index in [2.05, 4.69) is 320 Å². The van der Waals surface area contributed by atoms with Gasteiger partial charge in [0.25, 0.3) is 0 Å². The van der Waals surface area contributed by atoms with Gasteiger partial charge in [0.1, 0.15) is 0 Å². The van der Waals surface area contributed by atoms with Gasteiger partial charge in [0, 0.05) is 85.4 Å². The van der Waals surface area contributed by atoms with Gasteiger partial charge in [-0.1, -0.05) is 200 Å². The van der Waals surface area contributed by atoms with Crippen molar-refractivity contribution in [3.8, 4) is 28.4 Å². The van der Waals surface area contributed by atoms with E-state index in [0.29, 0.717) is 0 Å². The molecule has 0 aliphatic rings. The molecule has 0 atom stereocenters. The number of thiophene rings is 1. The number of hydrogen-bond acceptors (Lipinski definition) is 1. The quantitative estimate of drug-likeness (QED) is 0.164. The van der Waals surface area contributed by atoms with Crippen LogP contribution in [-0.2, 0) is 0 Å². The first-order valence-electron chi connectivity index (χ1n) is 28.8. The lowest BCUT2D eigenvalue weighted by Gasteiger charge is -2.16. The van der Waals surface area contributed by atoms with Crippen molar-refractivity contribution < 1.29 is 0 Å². The molecule has 6 aromatic heterocycles. The molecule has 19 aromatic rings. The summed E-state index contributed by atoms with van der Waals surface area (Å²) in [6.45, 7) is 0. The van der Waals surface area contributed by atoms with Crippen LogP contribution in [0.25, 0.3) is 158 Å². The molecule has 0 amide bonds. The van der Waals surface area contributed by atoms with E-state index in [1.54, 1.807) is 0 Å². The van der Waals surface area contributed by atoms with E-state index in [1.165, 1.54) is 141 Å². The molecule has 84 heavy (non-hydrogen) atoms. The third-order valence-corrected chi connectivity index (χ3v) is 18.7. The molecule has 19 rings (SSSR count). The van der Waals surface area contributed by atoms with Crippen LogP contribution in [0.1, 0.15) is 0 Å². The zero-order valence-electron chi connectivity index (χ0n) is 45.4. The Bertz CT molecular complexity index is 5550. The van der Waals surface area contributed by atoms with Crippen molar-refractivity contribution in [2.24, 2.45) is 0 Å². The Hall–Kier alpha value is -10.9. The van der Waals surface area contributed by atoms with E-state index in [9.17, 15) is 0 Å². The van der Waals surface area contributed by atoms with Crippen molar-refractivity contribution in [1.82, 2.24) is 22.8 Å². The molecule has 0 radical (unpaired) electrons. The Morgan fingerprint density at radius 1 is 0.179 bits per heavy atom. The van der Waals surface area contributed by atoms with Gasteiger partial charge in [-0.3, -0.25) is 0 Å². The average Bonchev–Trinajstić information content (AvgIpc) is 2.41. The molecule has 0 aliphatic heterocycles. The predicted octanol–water partition coefficient (Wildman–Crippen LogP) is 21.2. The second kappa shape index (κ2) is 18.3. The van der Waals surface area contributed by atoms with E-state index in [1.807, 2.05) is 11.3 Å². The highest BCUT2D eigenvalue weighted by Crippen LogP contribution is 2.45. The molecule has 0 saturated heterocycles. The zero-order chi connectivity index (χ0) is 55.0. The minimum absolute atomic E-state index is 1.14. The molecular formula is C78H49N5S. The topological polar surface area (TPSA) is 24.6 Å². The molecule has 0 fully saturated rings. The molecule has 392 valence electrons. The monoisotopic (exact) mass is 1090 g/mol. The number of rotatable bonds is 5. The highest BCUT2D eigenvalue weighted by Gasteiger charge is 2.25. The van der Waals surface area contributed by atoms with Gasteiger partial charge in [-0.25, -0.2) is 0 Å². The van der Waals surface area contributed by atoms with Crippen LogP contribution in [0.15, 0.2) is 297 Å². The van der Waals surface area contributed by atoms with E-state index < -0.39 is 0 Å². The molecule has 0 bridgehead atoms. The summed E-state index contributed by atoms with van der Waals surface area (Å²) in [5, 5.41) is 15.2. The lowest BCUT2D eigenvalue weighted by atomic mass is 10.1. The maximum Gasteiger partial charge on any atom is 0.0783 e. The van der Waals surface area contributed by atoms with Gasteiger partial charge in [-0.2, -0.15) is 0 Å². The molecule has 0 saturated carbocycles. The summed E-state index contributed by atoms with van der Waals surface area (Å²) in [6, 6.07) is 108. The molecule has 6 heterocycles. The maximum atomic E-state index is 2.49. The highest BCUT2D eigenvalue weighted by molar-refractivity contribution is 7.25. The zero-order valence-corrected chi connectivity index (χ0v) is 46.3. The van der Waals surface area contributed by atoms with Gasteiger partial charge >= 0.3 is 0 Å². The minimum Gasteiger partial charge on any atom is -0.307 e. The Balaban J connectivity index is 0.000000129. The summed E-state index contributed by atoms with van der Waals surface area (Å²) in [4.78, 5) is 0. The number of hydrogen-bond donors (Lipinski definition) is 0. The molecule has 0 unspecified atom stereocenters. The van der Waals surface area contributed by atoms with Crippen LogP contribution in [-0.4, -0.2) is 22.8 Å². The molecule has 0 aliphatic carbocycles. The molecule has 5 nitrogen and oxygen atoms in total. The maximum absolute atomic E-state index is 2.49. The smallest absolute Gasteiger partial charge is 0.0783 e. The average molecular weight is 1090 g/mol. The van der Waals surface area contributed by atoms with Gasteiger partial charge in [0.05, 0.1) is 72.2 Å².